The fraction of sp³-hybridized carbons (Fsp3) is 0.529. The SMILES string of the molecule is CCNC(=NCCc1ccco1)N1CCC(c2cnn(C)c2)C1.I. The number of furan rings is 1. The topological polar surface area (TPSA) is 58.6 Å². The molecule has 7 heteroatoms. The summed E-state index contributed by atoms with van der Waals surface area (Å²) < 4.78 is 7.24. The van der Waals surface area contributed by atoms with E-state index in [9.17, 15) is 0 Å². The second-order valence-corrected chi connectivity index (χ2v) is 5.94. The van der Waals surface area contributed by atoms with Crippen molar-refractivity contribution in [2.24, 2.45) is 12.0 Å². The second-order valence-electron chi connectivity index (χ2n) is 5.94. The van der Waals surface area contributed by atoms with Crippen molar-refractivity contribution < 1.29 is 4.42 Å². The molecule has 0 amide bonds. The van der Waals surface area contributed by atoms with E-state index in [-0.39, 0.29) is 24.0 Å². The highest BCUT2D eigenvalue weighted by molar-refractivity contribution is 14.0. The number of aliphatic imine (C=N–C) groups is 1. The Balaban J connectivity index is 0.00000208. The highest BCUT2D eigenvalue weighted by atomic mass is 127. The molecule has 3 heterocycles. The third-order valence-corrected chi connectivity index (χ3v) is 4.22. The van der Waals surface area contributed by atoms with Crippen LogP contribution in [0, 0.1) is 0 Å². The Hall–Kier alpha value is -1.51. The van der Waals surface area contributed by atoms with E-state index in [1.54, 1.807) is 6.26 Å². The maximum Gasteiger partial charge on any atom is 0.193 e. The van der Waals surface area contributed by atoms with E-state index >= 15 is 0 Å². The number of halogens is 1. The van der Waals surface area contributed by atoms with E-state index in [0.717, 1.165) is 50.7 Å². The first-order valence-electron chi connectivity index (χ1n) is 8.30. The number of hydrogen-bond acceptors (Lipinski definition) is 3. The molecule has 1 aliphatic heterocycles. The van der Waals surface area contributed by atoms with Gasteiger partial charge >= 0.3 is 0 Å². The molecule has 0 radical (unpaired) electrons. The average Bonchev–Trinajstić information content (AvgIpc) is 3.27. The van der Waals surface area contributed by atoms with Crippen LogP contribution in [0.4, 0.5) is 0 Å². The lowest BCUT2D eigenvalue weighted by Gasteiger charge is -2.21. The molecule has 1 atom stereocenters. The van der Waals surface area contributed by atoms with Crippen molar-refractivity contribution in [2.75, 3.05) is 26.2 Å². The first-order chi connectivity index (χ1) is 11.3. The largest absolute Gasteiger partial charge is 0.469 e. The van der Waals surface area contributed by atoms with Crippen LogP contribution >= 0.6 is 24.0 Å². The third kappa shape index (κ3) is 4.75. The molecule has 1 unspecified atom stereocenters. The van der Waals surface area contributed by atoms with Crippen molar-refractivity contribution in [3.8, 4) is 0 Å². The summed E-state index contributed by atoms with van der Waals surface area (Å²) in [6.45, 7) is 5.76. The van der Waals surface area contributed by atoms with Gasteiger partial charge in [-0.05, 0) is 31.0 Å². The smallest absolute Gasteiger partial charge is 0.193 e. The lowest BCUT2D eigenvalue weighted by atomic mass is 10.0. The predicted molar refractivity (Wildman–Crippen MR) is 106 cm³/mol. The number of nitrogens with zero attached hydrogens (tertiary/aromatic N) is 4. The minimum atomic E-state index is 0. The number of likely N-dealkylation sites (tertiary alicyclic amines) is 1. The van der Waals surface area contributed by atoms with E-state index in [4.69, 9.17) is 9.41 Å². The van der Waals surface area contributed by atoms with Gasteiger partial charge in [-0.25, -0.2) is 0 Å². The van der Waals surface area contributed by atoms with Gasteiger partial charge in [0, 0.05) is 51.8 Å². The highest BCUT2D eigenvalue weighted by Crippen LogP contribution is 2.26. The normalized spacial score (nSPS) is 17.8. The standard InChI is InChI=1S/C17H25N5O.HI/c1-3-18-17(19-8-6-16-5-4-10-23-16)22-9-7-14(13-22)15-11-20-21(2)12-15;/h4-5,10-12,14H,3,6-9,13H2,1-2H3,(H,18,19);1H. The van der Waals surface area contributed by atoms with Gasteiger partial charge in [-0.1, -0.05) is 0 Å². The monoisotopic (exact) mass is 443 g/mol. The molecule has 0 bridgehead atoms. The number of hydrogen-bond donors (Lipinski definition) is 1. The van der Waals surface area contributed by atoms with Crippen molar-refractivity contribution in [2.45, 2.75) is 25.7 Å². The van der Waals surface area contributed by atoms with Gasteiger partial charge in [0.1, 0.15) is 5.76 Å². The quantitative estimate of drug-likeness (QED) is 0.439. The fourth-order valence-electron chi connectivity index (χ4n) is 3.03. The van der Waals surface area contributed by atoms with Gasteiger partial charge in [0.15, 0.2) is 5.96 Å². The maximum absolute atomic E-state index is 5.37. The van der Waals surface area contributed by atoms with Gasteiger partial charge < -0.3 is 14.6 Å². The molecule has 0 spiro atoms. The summed E-state index contributed by atoms with van der Waals surface area (Å²) in [5.74, 6) is 2.53. The Bertz CT molecular complexity index is 637. The van der Waals surface area contributed by atoms with Crippen LogP contribution in [0.1, 0.15) is 30.6 Å². The molecule has 24 heavy (non-hydrogen) atoms. The first-order valence-corrected chi connectivity index (χ1v) is 8.30. The molecule has 0 aliphatic carbocycles. The lowest BCUT2D eigenvalue weighted by Crippen LogP contribution is -2.40. The van der Waals surface area contributed by atoms with E-state index < -0.39 is 0 Å². The summed E-state index contributed by atoms with van der Waals surface area (Å²) in [7, 11) is 1.97. The van der Waals surface area contributed by atoms with Crippen LogP contribution in [0.2, 0.25) is 0 Å². The number of aromatic nitrogens is 2. The molecule has 0 aromatic carbocycles. The van der Waals surface area contributed by atoms with E-state index in [0.29, 0.717) is 5.92 Å². The van der Waals surface area contributed by atoms with Crippen LogP contribution < -0.4 is 5.32 Å². The average molecular weight is 443 g/mol. The summed E-state index contributed by atoms with van der Waals surface area (Å²) in [6, 6.07) is 3.92. The zero-order valence-electron chi connectivity index (χ0n) is 14.3. The minimum absolute atomic E-state index is 0. The van der Waals surface area contributed by atoms with Gasteiger partial charge in [-0.3, -0.25) is 9.67 Å². The van der Waals surface area contributed by atoms with Crippen molar-refractivity contribution in [1.82, 2.24) is 20.0 Å². The number of guanidine groups is 1. The van der Waals surface area contributed by atoms with Gasteiger partial charge in [-0.2, -0.15) is 5.10 Å². The predicted octanol–water partition coefficient (Wildman–Crippen LogP) is 2.63. The molecule has 132 valence electrons. The van der Waals surface area contributed by atoms with Crippen molar-refractivity contribution in [3.63, 3.8) is 0 Å². The van der Waals surface area contributed by atoms with Crippen LogP contribution in [0.15, 0.2) is 40.2 Å². The summed E-state index contributed by atoms with van der Waals surface area (Å²) in [4.78, 5) is 7.10. The Morgan fingerprint density at radius 3 is 3.04 bits per heavy atom. The van der Waals surface area contributed by atoms with E-state index in [2.05, 4.69) is 28.4 Å². The Morgan fingerprint density at radius 2 is 2.38 bits per heavy atom. The summed E-state index contributed by atoms with van der Waals surface area (Å²) in [5, 5.41) is 7.69. The van der Waals surface area contributed by atoms with Crippen LogP contribution in [0.25, 0.3) is 0 Å². The zero-order valence-corrected chi connectivity index (χ0v) is 16.6. The first kappa shape index (κ1) is 18.8. The number of rotatable bonds is 5. The minimum Gasteiger partial charge on any atom is -0.469 e. The van der Waals surface area contributed by atoms with Gasteiger partial charge in [0.05, 0.1) is 12.5 Å². The number of nitrogens with one attached hydrogen (secondary N) is 1. The molecule has 1 fully saturated rings. The summed E-state index contributed by atoms with van der Waals surface area (Å²) >= 11 is 0. The fourth-order valence-corrected chi connectivity index (χ4v) is 3.03. The second kappa shape index (κ2) is 9.10. The van der Waals surface area contributed by atoms with Crippen LogP contribution in [-0.4, -0.2) is 46.8 Å². The maximum atomic E-state index is 5.37. The van der Waals surface area contributed by atoms with Crippen LogP contribution in [0.5, 0.6) is 0 Å². The Morgan fingerprint density at radius 1 is 1.50 bits per heavy atom. The molecule has 3 rings (SSSR count). The molecule has 0 saturated carbocycles. The van der Waals surface area contributed by atoms with Crippen LogP contribution in [-0.2, 0) is 13.5 Å². The van der Waals surface area contributed by atoms with Gasteiger partial charge in [0.25, 0.3) is 0 Å². The zero-order chi connectivity index (χ0) is 16.1. The van der Waals surface area contributed by atoms with Crippen molar-refractivity contribution >= 4 is 29.9 Å². The summed E-state index contributed by atoms with van der Waals surface area (Å²) in [6.07, 6.45) is 7.80. The molecule has 1 saturated heterocycles. The molecular formula is C17H26IN5O. The molecule has 1 N–H and O–H groups in total. The van der Waals surface area contributed by atoms with Gasteiger partial charge in [0.2, 0.25) is 0 Å². The Kier molecular flexibility index (Phi) is 7.14. The lowest BCUT2D eigenvalue weighted by molar-refractivity contribution is 0.482. The Labute approximate surface area is 160 Å². The highest BCUT2D eigenvalue weighted by Gasteiger charge is 2.26. The third-order valence-electron chi connectivity index (χ3n) is 4.22. The molecule has 1 aliphatic rings. The molecule has 2 aromatic heterocycles. The van der Waals surface area contributed by atoms with Gasteiger partial charge in [-0.15, -0.1) is 24.0 Å². The van der Waals surface area contributed by atoms with E-state index in [1.807, 2.05) is 30.1 Å². The number of aryl methyl sites for hydroxylation is 1. The van der Waals surface area contributed by atoms with Crippen molar-refractivity contribution in [1.29, 1.82) is 0 Å². The van der Waals surface area contributed by atoms with Crippen LogP contribution in [0.3, 0.4) is 0 Å². The van der Waals surface area contributed by atoms with Crippen molar-refractivity contribution in [3.05, 3.63) is 42.1 Å². The molecule has 2 aromatic rings. The molecular weight excluding hydrogens is 417 g/mol. The summed E-state index contributed by atoms with van der Waals surface area (Å²) in [5.41, 5.74) is 1.32. The van der Waals surface area contributed by atoms with E-state index in [1.165, 1.54) is 5.56 Å². The molecule has 6 nitrogen and oxygen atoms in total.